The third-order valence-electron chi connectivity index (χ3n) is 3.53. The standard InChI is InChI=1S/C15H17N3O4/c1-15(2,3)12(19)22-11-9-16-13(20)17(14(21)18(11)16)10-7-5-4-6-8-10/h4-8,11H,9H2,1-3H3. The molecule has 22 heavy (non-hydrogen) atoms. The van der Waals surface area contributed by atoms with Crippen LogP contribution >= 0.6 is 0 Å². The second-order valence-corrected chi connectivity index (χ2v) is 6.27. The van der Waals surface area contributed by atoms with E-state index in [1.165, 1.54) is 9.36 Å². The molecule has 0 N–H and O–H groups in total. The van der Waals surface area contributed by atoms with Gasteiger partial charge in [0.2, 0.25) is 6.23 Å². The Morgan fingerprint density at radius 1 is 1.14 bits per heavy atom. The summed E-state index contributed by atoms with van der Waals surface area (Å²) in [5.74, 6) is -0.407. The van der Waals surface area contributed by atoms with Crippen molar-refractivity contribution in [3.63, 3.8) is 0 Å². The van der Waals surface area contributed by atoms with Gasteiger partial charge in [-0.3, -0.25) is 4.79 Å². The lowest BCUT2D eigenvalue weighted by molar-refractivity contribution is -0.174. The number of carbonyl (C=O) groups excluding carboxylic acids is 1. The average Bonchev–Trinajstić information content (AvgIpc) is 2.61. The quantitative estimate of drug-likeness (QED) is 0.773. The van der Waals surface area contributed by atoms with Crippen molar-refractivity contribution < 1.29 is 9.53 Å². The van der Waals surface area contributed by atoms with Gasteiger partial charge in [-0.15, -0.1) is 0 Å². The molecule has 1 aliphatic heterocycles. The highest BCUT2D eigenvalue weighted by molar-refractivity contribution is 5.75. The molecule has 7 nitrogen and oxygen atoms in total. The predicted octanol–water partition coefficient (Wildman–Crippen LogP) is 0.902. The first-order valence-corrected chi connectivity index (χ1v) is 7.01. The number of aromatic nitrogens is 3. The van der Waals surface area contributed by atoms with E-state index in [9.17, 15) is 14.4 Å². The Morgan fingerprint density at radius 3 is 2.36 bits per heavy atom. The first-order chi connectivity index (χ1) is 10.3. The molecule has 0 aliphatic carbocycles. The number of esters is 1. The monoisotopic (exact) mass is 303 g/mol. The molecule has 0 bridgehead atoms. The molecule has 3 rings (SSSR count). The van der Waals surface area contributed by atoms with Crippen molar-refractivity contribution in [3.05, 3.63) is 51.3 Å². The van der Waals surface area contributed by atoms with Crippen LogP contribution in [-0.2, 0) is 16.1 Å². The van der Waals surface area contributed by atoms with Crippen LogP contribution in [-0.4, -0.2) is 19.9 Å². The van der Waals surface area contributed by atoms with Crippen molar-refractivity contribution in [2.75, 3.05) is 0 Å². The molecule has 1 aromatic carbocycles. The summed E-state index contributed by atoms with van der Waals surface area (Å²) >= 11 is 0. The zero-order chi connectivity index (χ0) is 16.1. The van der Waals surface area contributed by atoms with Gasteiger partial charge in [0.15, 0.2) is 0 Å². The highest BCUT2D eigenvalue weighted by Crippen LogP contribution is 2.23. The van der Waals surface area contributed by atoms with Crippen LogP contribution in [0.1, 0.15) is 27.0 Å². The number of benzene rings is 1. The van der Waals surface area contributed by atoms with Crippen molar-refractivity contribution in [2.45, 2.75) is 33.5 Å². The zero-order valence-corrected chi connectivity index (χ0v) is 12.6. The second-order valence-electron chi connectivity index (χ2n) is 6.27. The van der Waals surface area contributed by atoms with Gasteiger partial charge in [0.05, 0.1) is 11.1 Å². The third-order valence-corrected chi connectivity index (χ3v) is 3.53. The van der Waals surface area contributed by atoms with Crippen LogP contribution in [0.5, 0.6) is 0 Å². The summed E-state index contributed by atoms with van der Waals surface area (Å²) in [7, 11) is 0. The molecule has 0 amide bonds. The number of carbonyl (C=O) groups is 1. The maximum atomic E-state index is 12.4. The number of rotatable bonds is 2. The molecule has 2 aromatic rings. The van der Waals surface area contributed by atoms with E-state index in [1.54, 1.807) is 51.1 Å². The third kappa shape index (κ3) is 2.09. The fourth-order valence-corrected chi connectivity index (χ4v) is 2.25. The molecule has 2 heterocycles. The number of fused-ring (bicyclic) bond motifs is 1. The van der Waals surface area contributed by atoms with Gasteiger partial charge >= 0.3 is 17.3 Å². The van der Waals surface area contributed by atoms with Crippen molar-refractivity contribution in [1.29, 1.82) is 0 Å². The largest absolute Gasteiger partial charge is 0.437 e. The topological polar surface area (TPSA) is 75.2 Å². The summed E-state index contributed by atoms with van der Waals surface area (Å²) in [5.41, 5.74) is -1.10. The van der Waals surface area contributed by atoms with E-state index in [2.05, 4.69) is 0 Å². The van der Waals surface area contributed by atoms with Crippen LogP contribution in [0.4, 0.5) is 0 Å². The summed E-state index contributed by atoms with van der Waals surface area (Å²) in [4.78, 5) is 36.6. The first-order valence-electron chi connectivity index (χ1n) is 7.01. The normalized spacial score (nSPS) is 16.8. The van der Waals surface area contributed by atoms with E-state index in [0.717, 1.165) is 4.57 Å². The molecule has 1 unspecified atom stereocenters. The van der Waals surface area contributed by atoms with Gasteiger partial charge in [-0.25, -0.2) is 18.8 Å². The summed E-state index contributed by atoms with van der Waals surface area (Å²) < 4.78 is 8.84. The lowest BCUT2D eigenvalue weighted by atomic mass is 9.97. The number of para-hydroxylation sites is 1. The molecule has 116 valence electrons. The van der Waals surface area contributed by atoms with Gasteiger partial charge in [-0.2, -0.15) is 4.68 Å². The van der Waals surface area contributed by atoms with Crippen molar-refractivity contribution >= 4 is 5.97 Å². The number of hydrogen-bond acceptors (Lipinski definition) is 4. The Labute approximate surface area is 126 Å². The second kappa shape index (κ2) is 4.72. The van der Waals surface area contributed by atoms with Gasteiger partial charge < -0.3 is 4.74 Å². The fourth-order valence-electron chi connectivity index (χ4n) is 2.25. The van der Waals surface area contributed by atoms with Gasteiger partial charge in [0.1, 0.15) is 6.54 Å². The Kier molecular flexibility index (Phi) is 3.09. The molecule has 7 heteroatoms. The van der Waals surface area contributed by atoms with Crippen molar-refractivity contribution in [1.82, 2.24) is 13.9 Å². The molecule has 0 saturated carbocycles. The molecule has 0 radical (unpaired) electrons. The number of ether oxygens (including phenoxy) is 1. The van der Waals surface area contributed by atoms with Crippen LogP contribution < -0.4 is 11.4 Å². The lowest BCUT2D eigenvalue weighted by Crippen LogP contribution is -2.46. The van der Waals surface area contributed by atoms with Gasteiger partial charge in [0.25, 0.3) is 0 Å². The van der Waals surface area contributed by atoms with Crippen molar-refractivity contribution in [3.8, 4) is 5.69 Å². The molecule has 0 saturated heterocycles. The lowest BCUT2D eigenvalue weighted by Gasteiger charge is -2.31. The maximum absolute atomic E-state index is 12.4. The van der Waals surface area contributed by atoms with Crippen LogP contribution in [0.15, 0.2) is 39.9 Å². The van der Waals surface area contributed by atoms with E-state index in [4.69, 9.17) is 4.74 Å². The summed E-state index contributed by atoms with van der Waals surface area (Å²) in [5, 5.41) is 0. The summed E-state index contributed by atoms with van der Waals surface area (Å²) in [6.45, 7) is 5.40. The van der Waals surface area contributed by atoms with Gasteiger partial charge in [0, 0.05) is 0 Å². The van der Waals surface area contributed by atoms with E-state index in [1.807, 2.05) is 0 Å². The average molecular weight is 303 g/mol. The van der Waals surface area contributed by atoms with Gasteiger partial charge in [-0.1, -0.05) is 18.2 Å². The minimum absolute atomic E-state index is 0.190. The van der Waals surface area contributed by atoms with Crippen LogP contribution in [0.25, 0.3) is 5.69 Å². The Balaban J connectivity index is 1.97. The minimum atomic E-state index is -0.725. The highest BCUT2D eigenvalue weighted by Gasteiger charge is 2.37. The summed E-state index contributed by atoms with van der Waals surface area (Å²) in [6, 6.07) is 8.66. The Morgan fingerprint density at radius 2 is 1.77 bits per heavy atom. The minimum Gasteiger partial charge on any atom is -0.437 e. The van der Waals surface area contributed by atoms with Crippen molar-refractivity contribution in [2.24, 2.45) is 5.41 Å². The number of hydrogen-bond donors (Lipinski definition) is 0. The SMILES string of the molecule is CC(C)(C)C(=O)OC1Cn2c(=O)n(-c3ccccc3)c(=O)n21. The van der Waals surface area contributed by atoms with E-state index in [0.29, 0.717) is 5.69 Å². The maximum Gasteiger partial charge on any atom is 0.355 e. The zero-order valence-electron chi connectivity index (χ0n) is 12.6. The van der Waals surface area contributed by atoms with Gasteiger partial charge in [-0.05, 0) is 32.9 Å². The first kappa shape index (κ1) is 14.4. The predicted molar refractivity (Wildman–Crippen MR) is 78.9 cm³/mol. The van der Waals surface area contributed by atoms with Crippen LogP contribution in [0.3, 0.4) is 0 Å². The number of nitrogens with zero attached hydrogens (tertiary/aromatic N) is 3. The summed E-state index contributed by atoms with van der Waals surface area (Å²) in [6.07, 6.45) is -0.725. The van der Waals surface area contributed by atoms with Crippen LogP contribution in [0.2, 0.25) is 0 Å². The Hall–Kier alpha value is -2.57. The van der Waals surface area contributed by atoms with E-state index in [-0.39, 0.29) is 6.54 Å². The molecular formula is C15H17N3O4. The molecule has 0 fully saturated rings. The molecule has 1 atom stereocenters. The van der Waals surface area contributed by atoms with E-state index >= 15 is 0 Å². The fraction of sp³-hybridized carbons (Fsp3) is 0.400. The molecular weight excluding hydrogens is 286 g/mol. The molecule has 1 aromatic heterocycles. The van der Waals surface area contributed by atoms with Crippen LogP contribution in [0, 0.1) is 5.41 Å². The molecule has 1 aliphatic rings. The smallest absolute Gasteiger partial charge is 0.355 e. The highest BCUT2D eigenvalue weighted by atomic mass is 16.6. The Bertz CT molecular complexity index is 836. The molecule has 0 spiro atoms. The van der Waals surface area contributed by atoms with E-state index < -0.39 is 29.0 Å².